The normalized spacial score (nSPS) is 14.6. The predicted octanol–water partition coefficient (Wildman–Crippen LogP) is 4.48. The van der Waals surface area contributed by atoms with Gasteiger partial charge in [-0.2, -0.15) is 5.10 Å². The summed E-state index contributed by atoms with van der Waals surface area (Å²) in [4.78, 5) is 16.9. The molecular weight excluding hydrogens is 352 g/mol. The van der Waals surface area contributed by atoms with Gasteiger partial charge in [0.2, 0.25) is 0 Å². The molecule has 0 bridgehead atoms. The van der Waals surface area contributed by atoms with Crippen LogP contribution in [0.3, 0.4) is 0 Å². The summed E-state index contributed by atoms with van der Waals surface area (Å²) in [5.74, 6) is 1.30. The molecule has 6 nitrogen and oxygen atoms in total. The largest absolute Gasteiger partial charge is 0.489 e. The lowest BCUT2D eigenvalue weighted by Crippen LogP contribution is -2.18. The SMILES string of the molecule is O=C(Nc1ncccc1OCC1CCCCC1)c1ccn(-c2ccccc2)n1. The molecule has 0 atom stereocenters. The summed E-state index contributed by atoms with van der Waals surface area (Å²) in [6.45, 7) is 0.664. The molecule has 1 amide bonds. The van der Waals surface area contributed by atoms with Crippen molar-refractivity contribution >= 4 is 11.7 Å². The van der Waals surface area contributed by atoms with Crippen molar-refractivity contribution in [3.63, 3.8) is 0 Å². The van der Waals surface area contributed by atoms with Gasteiger partial charge < -0.3 is 10.1 Å². The monoisotopic (exact) mass is 376 g/mol. The van der Waals surface area contributed by atoms with E-state index < -0.39 is 0 Å². The number of ether oxygens (including phenoxy) is 1. The predicted molar refractivity (Wildman–Crippen MR) is 108 cm³/mol. The zero-order valence-corrected chi connectivity index (χ0v) is 15.8. The topological polar surface area (TPSA) is 69.0 Å². The second-order valence-corrected chi connectivity index (χ2v) is 7.10. The summed E-state index contributed by atoms with van der Waals surface area (Å²) >= 11 is 0. The molecule has 0 radical (unpaired) electrons. The van der Waals surface area contributed by atoms with Crippen LogP contribution in [0.5, 0.6) is 5.75 Å². The average molecular weight is 376 g/mol. The minimum absolute atomic E-state index is 0.309. The third-order valence-corrected chi connectivity index (χ3v) is 5.04. The van der Waals surface area contributed by atoms with Crippen LogP contribution in [-0.4, -0.2) is 27.3 Å². The summed E-state index contributed by atoms with van der Waals surface area (Å²) in [6.07, 6.45) is 9.69. The standard InChI is InChI=1S/C22H24N4O2/c27-22(19-13-15-26(25-19)18-10-5-2-6-11-18)24-21-20(12-7-14-23-21)28-16-17-8-3-1-4-9-17/h2,5-7,10-15,17H,1,3-4,8-9,16H2,(H,23,24,27). The molecule has 1 N–H and O–H groups in total. The fourth-order valence-corrected chi connectivity index (χ4v) is 3.50. The molecule has 1 fully saturated rings. The van der Waals surface area contributed by atoms with Crippen LogP contribution in [0.4, 0.5) is 5.82 Å². The van der Waals surface area contributed by atoms with Crippen LogP contribution in [0.2, 0.25) is 0 Å². The smallest absolute Gasteiger partial charge is 0.277 e. The van der Waals surface area contributed by atoms with Crippen LogP contribution < -0.4 is 10.1 Å². The Bertz CT molecular complexity index is 917. The molecule has 1 aromatic carbocycles. The average Bonchev–Trinajstić information content (AvgIpc) is 3.25. The first kappa shape index (κ1) is 18.2. The number of hydrogen-bond donors (Lipinski definition) is 1. The zero-order chi connectivity index (χ0) is 19.2. The van der Waals surface area contributed by atoms with Gasteiger partial charge in [0.05, 0.1) is 12.3 Å². The second-order valence-electron chi connectivity index (χ2n) is 7.10. The summed E-state index contributed by atoms with van der Waals surface area (Å²) in [5, 5.41) is 7.19. The third-order valence-electron chi connectivity index (χ3n) is 5.04. The van der Waals surface area contributed by atoms with Crippen molar-refractivity contribution < 1.29 is 9.53 Å². The number of aromatic nitrogens is 3. The maximum Gasteiger partial charge on any atom is 0.277 e. The quantitative estimate of drug-likeness (QED) is 0.689. The number of carbonyl (C=O) groups excluding carboxylic acids is 1. The van der Waals surface area contributed by atoms with Crippen LogP contribution in [0.1, 0.15) is 42.6 Å². The summed E-state index contributed by atoms with van der Waals surface area (Å²) < 4.78 is 7.66. The van der Waals surface area contributed by atoms with Crippen LogP contribution in [-0.2, 0) is 0 Å². The van der Waals surface area contributed by atoms with E-state index in [0.29, 0.717) is 29.8 Å². The molecule has 2 aromatic heterocycles. The van der Waals surface area contributed by atoms with Crippen molar-refractivity contribution in [1.29, 1.82) is 0 Å². The van der Waals surface area contributed by atoms with E-state index in [4.69, 9.17) is 4.74 Å². The van der Waals surface area contributed by atoms with Gasteiger partial charge in [-0.3, -0.25) is 4.79 Å². The van der Waals surface area contributed by atoms with Gasteiger partial charge in [-0.25, -0.2) is 9.67 Å². The Morgan fingerprint density at radius 1 is 1.07 bits per heavy atom. The maximum atomic E-state index is 12.6. The number of hydrogen-bond acceptors (Lipinski definition) is 4. The summed E-state index contributed by atoms with van der Waals surface area (Å²) in [6, 6.07) is 15.0. The van der Waals surface area contributed by atoms with E-state index in [1.807, 2.05) is 42.5 Å². The number of rotatable bonds is 6. The molecule has 3 aromatic rings. The highest BCUT2D eigenvalue weighted by atomic mass is 16.5. The van der Waals surface area contributed by atoms with E-state index in [2.05, 4.69) is 15.4 Å². The van der Waals surface area contributed by atoms with E-state index in [9.17, 15) is 4.79 Å². The number of benzene rings is 1. The lowest BCUT2D eigenvalue weighted by molar-refractivity contribution is 0.102. The molecule has 1 aliphatic rings. The molecule has 1 saturated carbocycles. The molecule has 1 aliphatic carbocycles. The van der Waals surface area contributed by atoms with Gasteiger partial charge in [0, 0.05) is 12.4 Å². The number of para-hydroxylation sites is 1. The Kier molecular flexibility index (Phi) is 5.66. The van der Waals surface area contributed by atoms with Crippen molar-refractivity contribution in [3.8, 4) is 11.4 Å². The van der Waals surface area contributed by atoms with E-state index in [0.717, 1.165) is 5.69 Å². The minimum Gasteiger partial charge on any atom is -0.489 e. The maximum absolute atomic E-state index is 12.6. The molecule has 0 spiro atoms. The lowest BCUT2D eigenvalue weighted by atomic mass is 9.90. The Labute approximate surface area is 164 Å². The van der Waals surface area contributed by atoms with Crippen molar-refractivity contribution in [3.05, 3.63) is 66.6 Å². The summed E-state index contributed by atoms with van der Waals surface area (Å²) in [7, 11) is 0. The molecular formula is C22H24N4O2. The third kappa shape index (κ3) is 4.39. The summed E-state index contributed by atoms with van der Waals surface area (Å²) in [5.41, 5.74) is 1.23. The lowest BCUT2D eigenvalue weighted by Gasteiger charge is -2.22. The van der Waals surface area contributed by atoms with Crippen LogP contribution in [0.25, 0.3) is 5.69 Å². The van der Waals surface area contributed by atoms with Crippen LogP contribution >= 0.6 is 0 Å². The van der Waals surface area contributed by atoms with Gasteiger partial charge in [0.1, 0.15) is 0 Å². The van der Waals surface area contributed by atoms with Crippen molar-refractivity contribution in [2.45, 2.75) is 32.1 Å². The highest BCUT2D eigenvalue weighted by molar-refractivity contribution is 6.03. The van der Waals surface area contributed by atoms with E-state index in [1.165, 1.54) is 32.1 Å². The Morgan fingerprint density at radius 2 is 1.89 bits per heavy atom. The number of pyridine rings is 1. The molecule has 144 valence electrons. The van der Waals surface area contributed by atoms with E-state index >= 15 is 0 Å². The van der Waals surface area contributed by atoms with Crippen LogP contribution in [0.15, 0.2) is 60.9 Å². The number of anilines is 1. The van der Waals surface area contributed by atoms with Gasteiger partial charge in [-0.05, 0) is 49.1 Å². The van der Waals surface area contributed by atoms with Gasteiger partial charge in [0.15, 0.2) is 17.3 Å². The first-order valence-electron chi connectivity index (χ1n) is 9.80. The molecule has 0 aliphatic heterocycles. The van der Waals surface area contributed by atoms with Crippen molar-refractivity contribution in [2.75, 3.05) is 11.9 Å². The number of nitrogens with zero attached hydrogens (tertiary/aromatic N) is 3. The van der Waals surface area contributed by atoms with Gasteiger partial charge in [0.25, 0.3) is 5.91 Å². The number of carbonyl (C=O) groups is 1. The van der Waals surface area contributed by atoms with Crippen LogP contribution in [0, 0.1) is 5.92 Å². The van der Waals surface area contributed by atoms with Gasteiger partial charge >= 0.3 is 0 Å². The minimum atomic E-state index is -0.309. The molecule has 6 heteroatoms. The Balaban J connectivity index is 1.42. The van der Waals surface area contributed by atoms with Gasteiger partial charge in [-0.15, -0.1) is 0 Å². The first-order chi connectivity index (χ1) is 13.8. The number of amides is 1. The Morgan fingerprint density at radius 3 is 2.71 bits per heavy atom. The first-order valence-corrected chi connectivity index (χ1v) is 9.80. The van der Waals surface area contributed by atoms with Crippen molar-refractivity contribution in [1.82, 2.24) is 14.8 Å². The molecule has 4 rings (SSSR count). The molecule has 0 saturated heterocycles. The Hall–Kier alpha value is -3.15. The van der Waals surface area contributed by atoms with Gasteiger partial charge in [-0.1, -0.05) is 37.5 Å². The highest BCUT2D eigenvalue weighted by Gasteiger charge is 2.17. The van der Waals surface area contributed by atoms with Crippen molar-refractivity contribution in [2.24, 2.45) is 5.92 Å². The zero-order valence-electron chi connectivity index (χ0n) is 15.8. The second kappa shape index (κ2) is 8.69. The molecule has 2 heterocycles. The van der Waals surface area contributed by atoms with E-state index in [-0.39, 0.29) is 5.91 Å². The van der Waals surface area contributed by atoms with E-state index in [1.54, 1.807) is 23.1 Å². The molecule has 0 unspecified atom stereocenters. The number of nitrogens with one attached hydrogen (secondary N) is 1. The fourth-order valence-electron chi connectivity index (χ4n) is 3.50. The highest BCUT2D eigenvalue weighted by Crippen LogP contribution is 2.27. The fraction of sp³-hybridized carbons (Fsp3) is 0.318. The molecule has 28 heavy (non-hydrogen) atoms.